The summed E-state index contributed by atoms with van der Waals surface area (Å²) < 4.78 is 6.46. The summed E-state index contributed by atoms with van der Waals surface area (Å²) in [5.74, 6) is 0. The minimum atomic E-state index is -2.91. The van der Waals surface area contributed by atoms with Gasteiger partial charge in [0.25, 0.3) is 8.32 Å². The van der Waals surface area contributed by atoms with Crippen LogP contribution >= 0.6 is 0 Å². The van der Waals surface area contributed by atoms with E-state index in [2.05, 4.69) is 20.8 Å². The molecule has 29 heavy (non-hydrogen) atoms. The fourth-order valence-corrected chi connectivity index (χ4v) is 8.16. The van der Waals surface area contributed by atoms with Gasteiger partial charge in [0.05, 0.1) is 6.61 Å². The minimum absolute atomic E-state index is 0.115. The smallest absolute Gasteiger partial charge is 0.261 e. The van der Waals surface area contributed by atoms with Crippen LogP contribution in [0.4, 0.5) is 0 Å². The summed E-state index contributed by atoms with van der Waals surface area (Å²) in [7, 11) is -2.91. The number of benzene rings is 2. The average molecular weight is 419 g/mol. The lowest BCUT2D eigenvalue weighted by Gasteiger charge is -2.43. The third-order valence-corrected chi connectivity index (χ3v) is 10.1. The Morgan fingerprint density at radius 3 is 1.69 bits per heavy atom. The van der Waals surface area contributed by atoms with Gasteiger partial charge in [0.1, 0.15) is 24.4 Å². The Bertz CT molecular complexity index is 722. The Morgan fingerprint density at radius 2 is 1.31 bits per heavy atom. The fraction of sp³-hybridized carbons (Fsp3) is 0.409. The van der Waals surface area contributed by atoms with E-state index in [4.69, 9.17) is 4.43 Å². The molecular formula is C22H30O6Si. The number of hydrogen-bond acceptors (Lipinski definition) is 6. The van der Waals surface area contributed by atoms with Crippen LogP contribution in [0.5, 0.6) is 0 Å². The molecule has 0 aromatic heterocycles. The highest BCUT2D eigenvalue weighted by Crippen LogP contribution is 2.36. The third kappa shape index (κ3) is 5.00. The molecule has 0 radical (unpaired) electrons. The summed E-state index contributed by atoms with van der Waals surface area (Å²) in [6.07, 6.45) is -6.68. The Balaban J connectivity index is 2.43. The van der Waals surface area contributed by atoms with Crippen molar-refractivity contribution in [3.8, 4) is 0 Å². The molecule has 2 aromatic carbocycles. The molecule has 0 bridgehead atoms. The van der Waals surface area contributed by atoms with E-state index in [1.54, 1.807) is 0 Å². The van der Waals surface area contributed by atoms with E-state index in [1.165, 1.54) is 0 Å². The largest absolute Gasteiger partial charge is 0.405 e. The van der Waals surface area contributed by atoms with Gasteiger partial charge in [-0.05, 0) is 15.4 Å². The van der Waals surface area contributed by atoms with Crippen LogP contribution in [-0.2, 0) is 9.22 Å². The normalized spacial score (nSPS) is 16.7. The first kappa shape index (κ1) is 23.4. The Morgan fingerprint density at radius 1 is 0.862 bits per heavy atom. The van der Waals surface area contributed by atoms with Gasteiger partial charge in [-0.2, -0.15) is 0 Å². The van der Waals surface area contributed by atoms with Gasteiger partial charge in [-0.25, -0.2) is 0 Å². The highest BCUT2D eigenvalue weighted by molar-refractivity contribution is 6.99. The van der Waals surface area contributed by atoms with Crippen molar-refractivity contribution in [1.82, 2.24) is 0 Å². The molecule has 0 saturated carbocycles. The van der Waals surface area contributed by atoms with Gasteiger partial charge < -0.3 is 29.6 Å². The first-order valence-electron chi connectivity index (χ1n) is 9.57. The van der Waals surface area contributed by atoms with Gasteiger partial charge in [0, 0.05) is 0 Å². The molecule has 0 amide bonds. The Hall–Kier alpha value is -1.87. The molecule has 4 N–H and O–H groups in total. The number of rotatable bonds is 9. The predicted molar refractivity (Wildman–Crippen MR) is 114 cm³/mol. The fourth-order valence-electron chi connectivity index (χ4n) is 3.58. The Labute approximate surface area is 172 Å². The van der Waals surface area contributed by atoms with Crippen molar-refractivity contribution in [2.45, 2.75) is 50.2 Å². The topological polar surface area (TPSA) is 107 Å². The number of carbonyl (C=O) groups excluding carboxylic acids is 1. The van der Waals surface area contributed by atoms with Crippen LogP contribution in [-0.4, -0.2) is 66.1 Å². The van der Waals surface area contributed by atoms with E-state index in [1.807, 2.05) is 60.7 Å². The highest BCUT2D eigenvalue weighted by atomic mass is 28.4. The second-order valence-corrected chi connectivity index (χ2v) is 12.5. The van der Waals surface area contributed by atoms with Gasteiger partial charge >= 0.3 is 0 Å². The second-order valence-electron chi connectivity index (χ2n) is 8.15. The molecule has 0 spiro atoms. The molecule has 2 rings (SSSR count). The van der Waals surface area contributed by atoms with E-state index < -0.39 is 32.7 Å². The van der Waals surface area contributed by atoms with Crippen molar-refractivity contribution < 1.29 is 29.6 Å². The number of aliphatic hydroxyl groups is 4. The molecule has 0 unspecified atom stereocenters. The van der Waals surface area contributed by atoms with Gasteiger partial charge in [0.15, 0.2) is 6.29 Å². The summed E-state index contributed by atoms with van der Waals surface area (Å²) in [6, 6.07) is 19.6. The van der Waals surface area contributed by atoms with Crippen LogP contribution in [0.3, 0.4) is 0 Å². The summed E-state index contributed by atoms with van der Waals surface area (Å²) in [6.45, 7) is 5.96. The molecule has 0 fully saturated rings. The maximum atomic E-state index is 10.7. The molecule has 158 valence electrons. The van der Waals surface area contributed by atoms with Crippen LogP contribution in [0.15, 0.2) is 60.7 Å². The summed E-state index contributed by atoms with van der Waals surface area (Å²) in [5.41, 5.74) is 0. The quantitative estimate of drug-likeness (QED) is 0.343. The number of aldehydes is 1. The zero-order valence-electron chi connectivity index (χ0n) is 17.0. The first-order valence-corrected chi connectivity index (χ1v) is 11.5. The van der Waals surface area contributed by atoms with Gasteiger partial charge in [-0.3, -0.25) is 0 Å². The van der Waals surface area contributed by atoms with E-state index in [9.17, 15) is 25.2 Å². The highest BCUT2D eigenvalue weighted by Gasteiger charge is 2.50. The molecule has 0 aliphatic rings. The Kier molecular flexibility index (Phi) is 7.87. The van der Waals surface area contributed by atoms with Crippen molar-refractivity contribution >= 4 is 25.0 Å². The molecule has 0 aliphatic heterocycles. The maximum absolute atomic E-state index is 10.7. The number of carbonyl (C=O) groups is 1. The molecule has 7 heteroatoms. The summed E-state index contributed by atoms with van der Waals surface area (Å²) in [4.78, 5) is 10.7. The van der Waals surface area contributed by atoms with E-state index in [-0.39, 0.29) is 17.9 Å². The maximum Gasteiger partial charge on any atom is 0.261 e. The van der Waals surface area contributed by atoms with Gasteiger partial charge in [-0.15, -0.1) is 0 Å². The van der Waals surface area contributed by atoms with E-state index in [0.717, 1.165) is 10.4 Å². The van der Waals surface area contributed by atoms with Crippen LogP contribution in [0.2, 0.25) is 5.04 Å². The van der Waals surface area contributed by atoms with Crippen molar-refractivity contribution in [2.24, 2.45) is 0 Å². The average Bonchev–Trinajstić information content (AvgIpc) is 2.72. The zero-order chi connectivity index (χ0) is 21.7. The lowest BCUT2D eigenvalue weighted by Crippen LogP contribution is -2.67. The van der Waals surface area contributed by atoms with E-state index in [0.29, 0.717) is 0 Å². The second kappa shape index (κ2) is 9.75. The first-order chi connectivity index (χ1) is 13.6. The molecule has 0 saturated heterocycles. The number of hydrogen-bond donors (Lipinski definition) is 4. The number of aliphatic hydroxyl groups excluding tert-OH is 4. The lowest BCUT2D eigenvalue weighted by atomic mass is 10.0. The van der Waals surface area contributed by atoms with Crippen molar-refractivity contribution in [3.05, 3.63) is 60.7 Å². The van der Waals surface area contributed by atoms with Gasteiger partial charge in [-0.1, -0.05) is 81.4 Å². The summed E-state index contributed by atoms with van der Waals surface area (Å²) >= 11 is 0. The molecule has 0 heterocycles. The third-order valence-electron chi connectivity index (χ3n) is 5.12. The summed E-state index contributed by atoms with van der Waals surface area (Å²) in [5, 5.41) is 41.5. The van der Waals surface area contributed by atoms with Crippen LogP contribution in [0.25, 0.3) is 0 Å². The van der Waals surface area contributed by atoms with Gasteiger partial charge in [0.2, 0.25) is 0 Å². The molecule has 0 aliphatic carbocycles. The zero-order valence-corrected chi connectivity index (χ0v) is 18.0. The standard InChI is InChI=1S/C22H30O6Si/c1-22(2,3)29(16-10-6-4-7-11-16,17-12-8-5-9-13-17)28-15-19(25)21(27)20(26)18(24)14-23/h4-14,18-21,24-27H,15H2,1-3H3/t18-,19+,20+,21+/m0/s1. The van der Waals surface area contributed by atoms with Crippen LogP contribution in [0, 0.1) is 0 Å². The molecule has 4 atom stereocenters. The van der Waals surface area contributed by atoms with Crippen molar-refractivity contribution in [1.29, 1.82) is 0 Å². The van der Waals surface area contributed by atoms with Crippen molar-refractivity contribution in [2.75, 3.05) is 6.61 Å². The van der Waals surface area contributed by atoms with Crippen LogP contribution in [0.1, 0.15) is 20.8 Å². The van der Waals surface area contributed by atoms with Crippen LogP contribution < -0.4 is 10.4 Å². The van der Waals surface area contributed by atoms with Crippen molar-refractivity contribution in [3.63, 3.8) is 0 Å². The predicted octanol–water partition coefficient (Wildman–Crippen LogP) is 0.206. The SMILES string of the molecule is CC(C)(C)[Si](OC[C@@H](O)[C@@H](O)[C@H](O)[C@@H](O)C=O)(c1ccccc1)c1ccccc1. The lowest BCUT2D eigenvalue weighted by molar-refractivity contribution is -0.135. The minimum Gasteiger partial charge on any atom is -0.405 e. The molecule has 6 nitrogen and oxygen atoms in total. The molecular weight excluding hydrogens is 388 g/mol. The van der Waals surface area contributed by atoms with E-state index >= 15 is 0 Å². The molecule has 2 aromatic rings. The monoisotopic (exact) mass is 418 g/mol.